The van der Waals surface area contributed by atoms with Crippen molar-refractivity contribution in [2.75, 3.05) is 13.2 Å². The van der Waals surface area contributed by atoms with Crippen molar-refractivity contribution in [3.05, 3.63) is 22.7 Å². The third-order valence-corrected chi connectivity index (χ3v) is 3.75. The molecule has 2 aromatic heterocycles. The summed E-state index contributed by atoms with van der Waals surface area (Å²) in [6.07, 6.45) is 1.62. The molecule has 0 saturated carbocycles. The van der Waals surface area contributed by atoms with Gasteiger partial charge < -0.3 is 9.84 Å². The molecule has 0 spiro atoms. The first-order chi connectivity index (χ1) is 9.15. The molecule has 1 aliphatic heterocycles. The highest BCUT2D eigenvalue weighted by atomic mass is 79.9. The Balaban J connectivity index is 1.86. The van der Waals surface area contributed by atoms with Crippen molar-refractivity contribution in [2.45, 2.75) is 18.3 Å². The minimum atomic E-state index is -0.544. The van der Waals surface area contributed by atoms with Gasteiger partial charge in [0.25, 0.3) is 0 Å². The second-order valence-corrected chi connectivity index (χ2v) is 5.30. The number of aliphatic hydroxyl groups is 1. The Kier molecular flexibility index (Phi) is 3.55. The lowest BCUT2D eigenvalue weighted by Crippen LogP contribution is -2.38. The summed E-state index contributed by atoms with van der Waals surface area (Å²) in [6.45, 7) is 0.938. The van der Waals surface area contributed by atoms with Crippen LogP contribution in [0.5, 0.6) is 0 Å². The van der Waals surface area contributed by atoms with E-state index in [-0.39, 0.29) is 11.6 Å². The van der Waals surface area contributed by atoms with Crippen LogP contribution in [0.3, 0.4) is 0 Å². The lowest BCUT2D eigenvalue weighted by Gasteiger charge is -2.26. The van der Waals surface area contributed by atoms with E-state index in [0.29, 0.717) is 29.1 Å². The van der Waals surface area contributed by atoms with Crippen molar-refractivity contribution in [3.8, 4) is 0 Å². The molecule has 1 fully saturated rings. The van der Waals surface area contributed by atoms with Crippen LogP contribution in [-0.4, -0.2) is 46.3 Å². The van der Waals surface area contributed by atoms with Crippen LogP contribution < -0.4 is 5.72 Å². The van der Waals surface area contributed by atoms with E-state index in [1.54, 1.807) is 7.28 Å². The highest BCUT2D eigenvalue weighted by Crippen LogP contribution is 2.20. The zero-order chi connectivity index (χ0) is 13.4. The molecule has 3 rings (SSSR count). The van der Waals surface area contributed by atoms with Crippen LogP contribution in [-0.2, 0) is 4.74 Å². The number of aromatic nitrogens is 3. The van der Waals surface area contributed by atoms with Crippen molar-refractivity contribution in [1.29, 1.82) is 0 Å². The number of rotatable bonds is 2. The van der Waals surface area contributed by atoms with Gasteiger partial charge in [-0.2, -0.15) is 5.10 Å². The number of aliphatic hydroxyl groups excluding tert-OH is 1. The maximum atomic E-state index is 13.5. The SMILES string of the molecule is O[C@@H]1COCC[C@H]1[B]c1ncc2c(F)cc(Br)n2n1. The fourth-order valence-corrected chi connectivity index (χ4v) is 2.60. The Labute approximate surface area is 118 Å². The van der Waals surface area contributed by atoms with E-state index < -0.39 is 6.10 Å². The van der Waals surface area contributed by atoms with Gasteiger partial charge in [0.1, 0.15) is 15.8 Å². The summed E-state index contributed by atoms with van der Waals surface area (Å²) in [4.78, 5) is 4.11. The predicted octanol–water partition coefficient (Wildman–Crippen LogP) is 0.530. The van der Waals surface area contributed by atoms with Gasteiger partial charge in [-0.15, -0.1) is 0 Å². The summed E-state index contributed by atoms with van der Waals surface area (Å²) in [5.41, 5.74) is 0.784. The molecule has 8 heteroatoms. The molecule has 19 heavy (non-hydrogen) atoms. The Morgan fingerprint density at radius 2 is 2.42 bits per heavy atom. The largest absolute Gasteiger partial charge is 0.391 e. The van der Waals surface area contributed by atoms with Gasteiger partial charge in [-0.1, -0.05) is 0 Å². The number of hydrogen-bond donors (Lipinski definition) is 1. The van der Waals surface area contributed by atoms with Crippen molar-refractivity contribution >= 4 is 34.4 Å². The first kappa shape index (κ1) is 13.0. The third kappa shape index (κ3) is 2.52. The standard InChI is InChI=1S/C11H11BBrFN3O2/c13-10-3-7(14)8-4-15-11(16-17(8)10)12-6-1-2-19-5-9(6)18/h3-4,6,9,18H,1-2,5H2/t6-,9-/m1/s1. The molecule has 1 radical (unpaired) electrons. The zero-order valence-electron chi connectivity index (χ0n) is 9.96. The fourth-order valence-electron chi connectivity index (χ4n) is 2.13. The molecule has 1 saturated heterocycles. The van der Waals surface area contributed by atoms with Gasteiger partial charge in [0.2, 0.25) is 7.28 Å². The number of nitrogens with zero attached hydrogens (tertiary/aromatic N) is 3. The van der Waals surface area contributed by atoms with Gasteiger partial charge in [0.15, 0.2) is 5.82 Å². The summed E-state index contributed by atoms with van der Waals surface area (Å²) in [5, 5.41) is 14.0. The average molecular weight is 327 g/mol. The molecule has 1 N–H and O–H groups in total. The molecule has 0 amide bonds. The first-order valence-electron chi connectivity index (χ1n) is 5.95. The Hall–Kier alpha value is -0.985. The Bertz CT molecular complexity index is 609. The second-order valence-electron chi connectivity index (χ2n) is 4.49. The average Bonchev–Trinajstić information content (AvgIpc) is 2.68. The molecule has 0 bridgehead atoms. The quantitative estimate of drug-likeness (QED) is 0.818. The van der Waals surface area contributed by atoms with E-state index in [4.69, 9.17) is 4.74 Å². The molecular weight excluding hydrogens is 316 g/mol. The fraction of sp³-hybridized carbons (Fsp3) is 0.455. The van der Waals surface area contributed by atoms with Crippen molar-refractivity contribution in [1.82, 2.24) is 14.6 Å². The first-order valence-corrected chi connectivity index (χ1v) is 6.75. The lowest BCUT2D eigenvalue weighted by atomic mass is 9.59. The molecular formula is C11H11BBrFN3O2. The molecule has 0 aliphatic carbocycles. The maximum Gasteiger partial charge on any atom is 0.213 e. The molecule has 1 aliphatic rings. The zero-order valence-corrected chi connectivity index (χ0v) is 11.5. The van der Waals surface area contributed by atoms with E-state index in [0.717, 1.165) is 6.42 Å². The topological polar surface area (TPSA) is 59.7 Å². The van der Waals surface area contributed by atoms with E-state index in [9.17, 15) is 9.50 Å². The summed E-state index contributed by atoms with van der Waals surface area (Å²) in [5.74, 6) is -0.407. The van der Waals surface area contributed by atoms with Crippen LogP contribution in [0.25, 0.3) is 5.52 Å². The number of fused-ring (bicyclic) bond motifs is 1. The van der Waals surface area contributed by atoms with Gasteiger partial charge in [0, 0.05) is 12.7 Å². The smallest absolute Gasteiger partial charge is 0.213 e. The molecule has 2 aromatic rings. The number of halogens is 2. The van der Waals surface area contributed by atoms with Gasteiger partial charge in [-0.25, -0.2) is 13.9 Å². The van der Waals surface area contributed by atoms with Crippen LogP contribution in [0, 0.1) is 5.82 Å². The minimum Gasteiger partial charge on any atom is -0.391 e. The molecule has 0 aromatic carbocycles. The highest BCUT2D eigenvalue weighted by Gasteiger charge is 2.26. The Morgan fingerprint density at radius 1 is 1.58 bits per heavy atom. The van der Waals surface area contributed by atoms with E-state index in [1.807, 2.05) is 0 Å². The summed E-state index contributed by atoms with van der Waals surface area (Å²) < 4.78 is 20.6. The van der Waals surface area contributed by atoms with Crippen LogP contribution in [0.4, 0.5) is 4.39 Å². The molecule has 5 nitrogen and oxygen atoms in total. The maximum absolute atomic E-state index is 13.5. The highest BCUT2D eigenvalue weighted by molar-refractivity contribution is 9.10. The summed E-state index contributed by atoms with van der Waals surface area (Å²) >= 11 is 3.24. The van der Waals surface area contributed by atoms with Gasteiger partial charge in [-0.3, -0.25) is 0 Å². The predicted molar refractivity (Wildman–Crippen MR) is 71.2 cm³/mol. The van der Waals surface area contributed by atoms with Crippen LogP contribution in [0.2, 0.25) is 5.82 Å². The van der Waals surface area contributed by atoms with E-state index in [2.05, 4.69) is 26.0 Å². The normalized spacial score (nSPS) is 23.7. The van der Waals surface area contributed by atoms with Crippen LogP contribution in [0.15, 0.2) is 16.9 Å². The van der Waals surface area contributed by atoms with Crippen LogP contribution in [0.1, 0.15) is 6.42 Å². The van der Waals surface area contributed by atoms with Gasteiger partial charge in [-0.05, 0) is 28.2 Å². The lowest BCUT2D eigenvalue weighted by molar-refractivity contribution is -0.00497. The monoisotopic (exact) mass is 326 g/mol. The van der Waals surface area contributed by atoms with Crippen LogP contribution >= 0.6 is 15.9 Å². The van der Waals surface area contributed by atoms with Crippen molar-refractivity contribution < 1.29 is 14.2 Å². The molecule has 3 heterocycles. The molecule has 0 unspecified atom stereocenters. The van der Waals surface area contributed by atoms with Crippen molar-refractivity contribution in [3.63, 3.8) is 0 Å². The van der Waals surface area contributed by atoms with Crippen molar-refractivity contribution in [2.24, 2.45) is 0 Å². The number of ether oxygens (including phenoxy) is 1. The van der Waals surface area contributed by atoms with Gasteiger partial charge in [0.05, 0.1) is 18.9 Å². The molecule has 2 atom stereocenters. The van der Waals surface area contributed by atoms with E-state index in [1.165, 1.54) is 16.8 Å². The second kappa shape index (κ2) is 5.18. The van der Waals surface area contributed by atoms with E-state index >= 15 is 0 Å². The minimum absolute atomic E-state index is 0.0367. The Morgan fingerprint density at radius 3 is 3.21 bits per heavy atom. The van der Waals surface area contributed by atoms with Gasteiger partial charge >= 0.3 is 0 Å². The molecule has 99 valence electrons. The summed E-state index contributed by atoms with van der Waals surface area (Å²) in [7, 11) is 1.80. The summed E-state index contributed by atoms with van der Waals surface area (Å²) in [6, 6.07) is 1.34. The third-order valence-electron chi connectivity index (χ3n) is 3.18. The number of hydrogen-bond acceptors (Lipinski definition) is 4.